The minimum atomic E-state index is -0.625. The van der Waals surface area contributed by atoms with Crippen LogP contribution in [0.25, 0.3) is 0 Å². The molecule has 2 aromatic carbocycles. The molecule has 0 fully saturated rings. The molecule has 1 atom stereocenters. The van der Waals surface area contributed by atoms with Gasteiger partial charge in [-0.3, -0.25) is 14.9 Å². The summed E-state index contributed by atoms with van der Waals surface area (Å²) >= 11 is 11.6. The Bertz CT molecular complexity index is 734. The van der Waals surface area contributed by atoms with Crippen LogP contribution in [0, 0.1) is 10.1 Å². The van der Waals surface area contributed by atoms with Gasteiger partial charge < -0.3 is 5.32 Å². The van der Waals surface area contributed by atoms with Crippen molar-refractivity contribution in [1.82, 2.24) is 5.32 Å². The standard InChI is InChI=1S/C15H12Cl2N2O3/c1-9(10-3-2-4-12(16)7-10)18-15(20)11-5-6-13(17)14(8-11)19(21)22/h2-9H,1H3,(H,18,20)/t9-/m0/s1. The number of amides is 1. The van der Waals surface area contributed by atoms with E-state index in [-0.39, 0.29) is 22.3 Å². The minimum absolute atomic E-state index is 0.00978. The predicted octanol–water partition coefficient (Wildman–Crippen LogP) is 4.39. The average Bonchev–Trinajstić information content (AvgIpc) is 2.47. The summed E-state index contributed by atoms with van der Waals surface area (Å²) in [6, 6.07) is 10.7. The van der Waals surface area contributed by atoms with Gasteiger partial charge in [0, 0.05) is 16.7 Å². The maximum atomic E-state index is 12.2. The Labute approximate surface area is 137 Å². The lowest BCUT2D eigenvalue weighted by molar-refractivity contribution is -0.384. The molecule has 0 radical (unpaired) electrons. The first-order valence-electron chi connectivity index (χ1n) is 6.38. The summed E-state index contributed by atoms with van der Waals surface area (Å²) in [6.07, 6.45) is 0. The van der Waals surface area contributed by atoms with Gasteiger partial charge in [-0.1, -0.05) is 35.3 Å². The molecule has 2 aromatic rings. The smallest absolute Gasteiger partial charge is 0.288 e. The van der Waals surface area contributed by atoms with E-state index >= 15 is 0 Å². The topological polar surface area (TPSA) is 72.2 Å². The Hall–Kier alpha value is -2.11. The van der Waals surface area contributed by atoms with Crippen LogP contribution in [0.1, 0.15) is 28.9 Å². The molecule has 5 nitrogen and oxygen atoms in total. The fraction of sp³-hybridized carbons (Fsp3) is 0.133. The third-order valence-electron chi connectivity index (χ3n) is 3.10. The van der Waals surface area contributed by atoms with Crippen molar-refractivity contribution in [1.29, 1.82) is 0 Å². The molecule has 7 heteroatoms. The van der Waals surface area contributed by atoms with Gasteiger partial charge in [0.05, 0.1) is 11.0 Å². The summed E-state index contributed by atoms with van der Waals surface area (Å²) in [5.74, 6) is -0.424. The van der Waals surface area contributed by atoms with Crippen molar-refractivity contribution in [3.05, 3.63) is 73.8 Å². The highest BCUT2D eigenvalue weighted by atomic mass is 35.5. The van der Waals surface area contributed by atoms with Crippen molar-refractivity contribution in [3.8, 4) is 0 Å². The van der Waals surface area contributed by atoms with Crippen LogP contribution in [0.4, 0.5) is 5.69 Å². The summed E-state index contributed by atoms with van der Waals surface area (Å²) in [4.78, 5) is 22.4. The van der Waals surface area contributed by atoms with Gasteiger partial charge in [-0.25, -0.2) is 0 Å². The molecule has 22 heavy (non-hydrogen) atoms. The molecule has 0 aromatic heterocycles. The van der Waals surface area contributed by atoms with Crippen molar-refractivity contribution in [2.45, 2.75) is 13.0 Å². The van der Waals surface area contributed by atoms with Crippen LogP contribution in [-0.4, -0.2) is 10.8 Å². The molecule has 0 saturated carbocycles. The van der Waals surface area contributed by atoms with Crippen molar-refractivity contribution < 1.29 is 9.72 Å². The first kappa shape index (κ1) is 16.3. The second-order valence-corrected chi connectivity index (χ2v) is 5.52. The quantitative estimate of drug-likeness (QED) is 0.663. The van der Waals surface area contributed by atoms with Crippen LogP contribution in [-0.2, 0) is 0 Å². The monoisotopic (exact) mass is 338 g/mol. The van der Waals surface area contributed by atoms with E-state index in [0.29, 0.717) is 5.02 Å². The van der Waals surface area contributed by atoms with Crippen LogP contribution in [0.15, 0.2) is 42.5 Å². The average molecular weight is 339 g/mol. The molecular weight excluding hydrogens is 327 g/mol. The summed E-state index contributed by atoms with van der Waals surface area (Å²) in [5.41, 5.74) is 0.707. The Morgan fingerprint density at radius 1 is 1.23 bits per heavy atom. The minimum Gasteiger partial charge on any atom is -0.346 e. The molecule has 0 unspecified atom stereocenters. The van der Waals surface area contributed by atoms with Gasteiger partial charge in [0.1, 0.15) is 5.02 Å². The van der Waals surface area contributed by atoms with Crippen LogP contribution in [0.3, 0.4) is 0 Å². The van der Waals surface area contributed by atoms with E-state index in [4.69, 9.17) is 23.2 Å². The Balaban J connectivity index is 2.19. The molecule has 2 rings (SSSR count). The van der Waals surface area contributed by atoms with Gasteiger partial charge in [0.2, 0.25) is 0 Å². The first-order valence-corrected chi connectivity index (χ1v) is 7.14. The molecule has 0 spiro atoms. The highest BCUT2D eigenvalue weighted by molar-refractivity contribution is 6.32. The summed E-state index contributed by atoms with van der Waals surface area (Å²) in [6.45, 7) is 1.80. The van der Waals surface area contributed by atoms with Crippen molar-refractivity contribution in [2.24, 2.45) is 0 Å². The lowest BCUT2D eigenvalue weighted by Crippen LogP contribution is -2.26. The molecular formula is C15H12Cl2N2O3. The first-order chi connectivity index (χ1) is 10.4. The van der Waals surface area contributed by atoms with Crippen LogP contribution in [0.5, 0.6) is 0 Å². The largest absolute Gasteiger partial charge is 0.346 e. The van der Waals surface area contributed by atoms with E-state index in [0.717, 1.165) is 11.6 Å². The van der Waals surface area contributed by atoms with E-state index < -0.39 is 10.8 Å². The van der Waals surface area contributed by atoms with E-state index in [1.165, 1.54) is 12.1 Å². The molecule has 114 valence electrons. The zero-order valence-electron chi connectivity index (χ0n) is 11.5. The van der Waals surface area contributed by atoms with E-state index in [9.17, 15) is 14.9 Å². The Morgan fingerprint density at radius 2 is 1.95 bits per heavy atom. The van der Waals surface area contributed by atoms with Gasteiger partial charge >= 0.3 is 0 Å². The van der Waals surface area contributed by atoms with E-state index in [2.05, 4.69) is 5.32 Å². The van der Waals surface area contributed by atoms with Gasteiger partial charge in [-0.05, 0) is 36.8 Å². The molecule has 0 saturated heterocycles. The highest BCUT2D eigenvalue weighted by Gasteiger charge is 2.17. The second kappa shape index (κ2) is 6.77. The number of carbonyl (C=O) groups is 1. The lowest BCUT2D eigenvalue weighted by atomic mass is 10.1. The number of nitrogens with one attached hydrogen (secondary N) is 1. The molecule has 0 aliphatic carbocycles. The van der Waals surface area contributed by atoms with Crippen molar-refractivity contribution >= 4 is 34.8 Å². The fourth-order valence-corrected chi connectivity index (χ4v) is 2.32. The van der Waals surface area contributed by atoms with Crippen LogP contribution < -0.4 is 5.32 Å². The van der Waals surface area contributed by atoms with Crippen molar-refractivity contribution in [3.63, 3.8) is 0 Å². The van der Waals surface area contributed by atoms with Gasteiger partial charge in [-0.2, -0.15) is 0 Å². The van der Waals surface area contributed by atoms with E-state index in [1.54, 1.807) is 25.1 Å². The number of benzene rings is 2. The predicted molar refractivity (Wildman–Crippen MR) is 85.4 cm³/mol. The van der Waals surface area contributed by atoms with Gasteiger partial charge in [-0.15, -0.1) is 0 Å². The number of nitrogens with zero attached hydrogens (tertiary/aromatic N) is 1. The highest BCUT2D eigenvalue weighted by Crippen LogP contribution is 2.25. The zero-order chi connectivity index (χ0) is 16.3. The normalized spacial score (nSPS) is 11.8. The lowest BCUT2D eigenvalue weighted by Gasteiger charge is -2.14. The number of halogens is 2. The summed E-state index contributed by atoms with van der Waals surface area (Å²) in [7, 11) is 0. The van der Waals surface area contributed by atoms with E-state index in [1.807, 2.05) is 6.07 Å². The summed E-state index contributed by atoms with van der Waals surface area (Å²) in [5, 5.41) is 14.2. The number of rotatable bonds is 4. The maximum Gasteiger partial charge on any atom is 0.288 e. The Kier molecular flexibility index (Phi) is 5.00. The molecule has 1 amide bonds. The Morgan fingerprint density at radius 3 is 2.59 bits per heavy atom. The third kappa shape index (κ3) is 3.75. The number of hydrogen-bond acceptors (Lipinski definition) is 3. The van der Waals surface area contributed by atoms with Gasteiger partial charge in [0.15, 0.2) is 0 Å². The molecule has 0 bridgehead atoms. The number of hydrogen-bond donors (Lipinski definition) is 1. The summed E-state index contributed by atoms with van der Waals surface area (Å²) < 4.78 is 0. The number of carbonyl (C=O) groups excluding carboxylic acids is 1. The van der Waals surface area contributed by atoms with Gasteiger partial charge in [0.25, 0.3) is 11.6 Å². The number of nitro groups is 1. The third-order valence-corrected chi connectivity index (χ3v) is 3.66. The molecule has 0 aliphatic rings. The van der Waals surface area contributed by atoms with Crippen LogP contribution in [0.2, 0.25) is 10.0 Å². The van der Waals surface area contributed by atoms with Crippen LogP contribution >= 0.6 is 23.2 Å². The molecule has 0 aliphatic heterocycles. The fourth-order valence-electron chi connectivity index (χ4n) is 1.93. The van der Waals surface area contributed by atoms with Crippen molar-refractivity contribution in [2.75, 3.05) is 0 Å². The molecule has 1 N–H and O–H groups in total. The number of nitro benzene ring substituents is 1. The second-order valence-electron chi connectivity index (χ2n) is 4.67. The zero-order valence-corrected chi connectivity index (χ0v) is 13.1. The maximum absolute atomic E-state index is 12.2. The SMILES string of the molecule is C[C@H](NC(=O)c1ccc(Cl)c([N+](=O)[O-])c1)c1cccc(Cl)c1. The molecule has 0 heterocycles.